The van der Waals surface area contributed by atoms with Crippen LogP contribution in [0, 0.1) is 59.0 Å². The van der Waals surface area contributed by atoms with E-state index in [1.807, 2.05) is 114 Å². The van der Waals surface area contributed by atoms with Crippen LogP contribution in [0.3, 0.4) is 0 Å². The van der Waals surface area contributed by atoms with Gasteiger partial charge in [-0.3, -0.25) is 0 Å². The summed E-state index contributed by atoms with van der Waals surface area (Å²) in [4.78, 5) is 24.7. The molecule has 91 heavy (non-hydrogen) atoms. The van der Waals surface area contributed by atoms with E-state index in [0.29, 0.717) is 96.1 Å². The maximum absolute atomic E-state index is 15.2. The second kappa shape index (κ2) is 24.1. The zero-order chi connectivity index (χ0) is 63.7. The lowest BCUT2D eigenvalue weighted by Crippen LogP contribution is -2.50. The summed E-state index contributed by atoms with van der Waals surface area (Å²) in [5.74, 6) is 0.795. The number of piperidine rings is 2. The number of benzene rings is 3. The van der Waals surface area contributed by atoms with Crippen molar-refractivity contribution in [2.75, 3.05) is 45.7 Å². The molecule has 12 heterocycles. The van der Waals surface area contributed by atoms with Gasteiger partial charge in [0.2, 0.25) is 5.71 Å². The predicted molar refractivity (Wildman–Crippen MR) is 348 cm³/mol. The van der Waals surface area contributed by atoms with Crippen LogP contribution in [-0.2, 0) is 0 Å². The number of likely N-dealkylation sites (tertiary alicyclic amines) is 1. The van der Waals surface area contributed by atoms with Crippen molar-refractivity contribution < 1.29 is 17.6 Å². The maximum Gasteiger partial charge on any atom is 0.247 e. The summed E-state index contributed by atoms with van der Waals surface area (Å²) in [6.07, 6.45) is 12.7. The molecular weight excluding hydrogens is 1150 g/mol. The first-order chi connectivity index (χ1) is 43.6. The normalized spacial score (nSPS) is 18.5. The second-order valence-corrected chi connectivity index (χ2v) is 25.5. The Morgan fingerprint density at radius 2 is 1.09 bits per heavy atom. The first-order valence-electron chi connectivity index (χ1n) is 31.0. The lowest BCUT2D eigenvalue weighted by atomic mass is 9.85. The molecule has 2 unspecified atom stereocenters. The monoisotopic (exact) mass is 1230 g/mol. The average Bonchev–Trinajstić information content (AvgIpc) is 1.78. The fourth-order valence-corrected chi connectivity index (χ4v) is 12.8. The van der Waals surface area contributed by atoms with E-state index in [1.54, 1.807) is 16.0 Å². The molecule has 0 amide bonds. The lowest BCUT2D eigenvalue weighted by Gasteiger charge is -2.44. The molecule has 1 N–H and O–H groups in total. The summed E-state index contributed by atoms with van der Waals surface area (Å²) in [6, 6.07) is 22.3. The Kier molecular flexibility index (Phi) is 16.0. The second-order valence-electron chi connectivity index (χ2n) is 25.5. The molecular formula is C69H73F3N18O. The van der Waals surface area contributed by atoms with Gasteiger partial charge >= 0.3 is 0 Å². The van der Waals surface area contributed by atoms with E-state index in [1.165, 1.54) is 18.2 Å². The minimum atomic E-state index is -0.317. The summed E-state index contributed by atoms with van der Waals surface area (Å²) in [6.45, 7) is 20.9. The van der Waals surface area contributed by atoms with Gasteiger partial charge in [0, 0.05) is 88.9 Å². The van der Waals surface area contributed by atoms with Gasteiger partial charge in [0.05, 0.1) is 68.8 Å². The van der Waals surface area contributed by atoms with Crippen molar-refractivity contribution >= 4 is 61.1 Å². The zero-order valence-corrected chi connectivity index (χ0v) is 53.3. The maximum atomic E-state index is 15.2. The number of fused-ring (bicyclic) bond motifs is 6. The number of hydrogen-bond donors (Lipinski definition) is 1. The van der Waals surface area contributed by atoms with Crippen LogP contribution >= 0.6 is 0 Å². The number of nitrogens with zero attached hydrogens (tertiary/aromatic N) is 17. The van der Waals surface area contributed by atoms with E-state index < -0.39 is 0 Å². The molecule has 0 saturated carbocycles. The third kappa shape index (κ3) is 12.0. The van der Waals surface area contributed by atoms with Crippen molar-refractivity contribution in [3.63, 3.8) is 0 Å². The number of aromatic nitrogens is 14. The van der Waals surface area contributed by atoms with Crippen molar-refractivity contribution in [3.05, 3.63) is 160 Å². The van der Waals surface area contributed by atoms with E-state index in [2.05, 4.69) is 123 Å². The number of hydrogen-bond acceptors (Lipinski definition) is 17. The van der Waals surface area contributed by atoms with Crippen LogP contribution in [0.4, 0.5) is 19.0 Å². The highest BCUT2D eigenvalue weighted by atomic mass is 19.1. The number of rotatable bonds is 7. The minimum Gasteiger partial charge on any atom is -0.423 e. The molecule has 0 aliphatic carbocycles. The SMILES string of the molecule is Cc1cn2nc(-c3cc(F)c4cc(C5C=CNCC5)nnc4c3)cc(C)c2n1.Cc1cn2nc(-c3cc(F)c4cc(N5CCC(C)(N(C)C)CC5)nnc4c3)cc(C)c2n1.Cc1nc2c(C)cc(-c3cc(F)c4cc(C5C[C@@H](C)N(C)[C@@H](C)C5)nnc4c3)nc2o1. The van der Waals surface area contributed by atoms with Crippen molar-refractivity contribution in [3.8, 4) is 33.8 Å². The Morgan fingerprint density at radius 1 is 0.582 bits per heavy atom. The Morgan fingerprint density at radius 3 is 1.63 bits per heavy atom. The molecule has 3 aromatic carbocycles. The van der Waals surface area contributed by atoms with Crippen molar-refractivity contribution in [1.82, 2.24) is 84.9 Å². The summed E-state index contributed by atoms with van der Waals surface area (Å²) >= 11 is 0. The van der Waals surface area contributed by atoms with E-state index in [-0.39, 0.29) is 28.9 Å². The molecule has 22 heteroatoms. The quantitative estimate of drug-likeness (QED) is 0.158. The Labute approximate surface area is 524 Å². The average molecular weight is 1230 g/mol. The summed E-state index contributed by atoms with van der Waals surface area (Å²) in [5, 5.41) is 40.2. The number of allylic oxidation sites excluding steroid dienone is 1. The highest BCUT2D eigenvalue weighted by Gasteiger charge is 2.33. The van der Waals surface area contributed by atoms with Crippen LogP contribution in [-0.4, -0.2) is 138 Å². The largest absolute Gasteiger partial charge is 0.423 e. The highest BCUT2D eigenvalue weighted by Crippen LogP contribution is 2.37. The van der Waals surface area contributed by atoms with Gasteiger partial charge in [-0.05, 0) is 204 Å². The first-order valence-corrected chi connectivity index (χ1v) is 31.0. The molecule has 2 fully saturated rings. The molecule has 466 valence electrons. The lowest BCUT2D eigenvalue weighted by molar-refractivity contribution is 0.121. The standard InChI is InChI=1S/C24H28FN7.C24H26FN5O.C21H19FN6/c1-15-10-20(29-32-14-16(2)26-23(15)32)17-11-19(25)18-13-22(28-27-21(18)12-17)31-8-6-24(3,7-9-31)30(4)5;1-12-6-20(27-24-23(12)26-15(4)31-24)17-9-19(25)18-11-21(28-29-22(18)10-17)16-7-13(2)30(5)14(3)8-16;1-12-7-19(27-28-11-13(2)24-21(12)28)15-8-17(22)16-10-18(25-26-20(16)9-15)14-3-5-23-6-4-14/h10-14H,6-9H2,1-5H3;6,9-11,13-14,16H,7-8H2,1-5H3;3,5,7-11,14,23H,4,6H2,1-2H3/t;13-,14+,16?;. The van der Waals surface area contributed by atoms with Crippen LogP contribution in [0.15, 0.2) is 102 Å². The fraction of sp³-hybridized carbons (Fsp3) is 0.362. The molecule has 3 aliphatic heterocycles. The Bertz CT molecular complexity index is 4810. The third-order valence-electron chi connectivity index (χ3n) is 18.7. The molecule has 12 aromatic rings. The summed E-state index contributed by atoms with van der Waals surface area (Å²) < 4.78 is 54.4. The topological polar surface area (TPSA) is 198 Å². The van der Waals surface area contributed by atoms with E-state index >= 15 is 8.78 Å². The van der Waals surface area contributed by atoms with Gasteiger partial charge in [0.1, 0.15) is 23.0 Å². The fourth-order valence-electron chi connectivity index (χ4n) is 12.8. The molecule has 0 radical (unpaired) electrons. The molecule has 15 rings (SSSR count). The van der Waals surface area contributed by atoms with Crippen LogP contribution in [0.2, 0.25) is 0 Å². The van der Waals surface area contributed by atoms with Gasteiger partial charge in [-0.15, -0.1) is 10.2 Å². The van der Waals surface area contributed by atoms with Gasteiger partial charge in [0.15, 0.2) is 23.0 Å². The van der Waals surface area contributed by atoms with E-state index in [0.717, 1.165) is 114 Å². The highest BCUT2D eigenvalue weighted by molar-refractivity contribution is 5.88. The molecule has 3 aliphatic rings. The molecule has 0 bridgehead atoms. The van der Waals surface area contributed by atoms with Gasteiger partial charge in [-0.25, -0.2) is 42.1 Å². The van der Waals surface area contributed by atoms with Gasteiger partial charge in [0.25, 0.3) is 0 Å². The Hall–Kier alpha value is -9.41. The number of imidazole rings is 2. The van der Waals surface area contributed by atoms with Gasteiger partial charge < -0.3 is 24.4 Å². The van der Waals surface area contributed by atoms with Crippen LogP contribution in [0.25, 0.3) is 89.0 Å². The minimum absolute atomic E-state index is 0.161. The van der Waals surface area contributed by atoms with Gasteiger partial charge in [-0.1, -0.05) is 6.08 Å². The summed E-state index contributed by atoms with van der Waals surface area (Å²) in [7, 11) is 6.41. The Balaban J connectivity index is 0.000000125. The first kappa shape index (κ1) is 60.5. The van der Waals surface area contributed by atoms with Crippen LogP contribution in [0.5, 0.6) is 0 Å². The third-order valence-corrected chi connectivity index (χ3v) is 18.7. The van der Waals surface area contributed by atoms with Gasteiger partial charge in [-0.2, -0.15) is 30.6 Å². The van der Waals surface area contributed by atoms with E-state index in [4.69, 9.17) is 4.42 Å². The number of oxazole rings is 1. The molecule has 9 aromatic heterocycles. The number of nitrogens with one attached hydrogen (secondary N) is 1. The molecule has 2 saturated heterocycles. The van der Waals surface area contributed by atoms with Crippen molar-refractivity contribution in [2.24, 2.45) is 0 Å². The number of anilines is 1. The molecule has 0 spiro atoms. The molecule has 4 atom stereocenters. The molecule has 19 nitrogen and oxygen atoms in total. The number of aryl methyl sites for hydroxylation is 6. The van der Waals surface area contributed by atoms with Crippen molar-refractivity contribution in [1.29, 1.82) is 0 Å². The van der Waals surface area contributed by atoms with Crippen LogP contribution in [0.1, 0.15) is 110 Å². The zero-order valence-electron chi connectivity index (χ0n) is 53.3. The number of halogens is 3. The summed E-state index contributed by atoms with van der Waals surface area (Å²) in [5.41, 5.74) is 14.9. The van der Waals surface area contributed by atoms with E-state index in [9.17, 15) is 4.39 Å². The number of pyridine rings is 1. The smallest absolute Gasteiger partial charge is 0.247 e. The predicted octanol–water partition coefficient (Wildman–Crippen LogP) is 12.9. The van der Waals surface area contributed by atoms with Crippen LogP contribution < -0.4 is 10.2 Å². The van der Waals surface area contributed by atoms with Crippen molar-refractivity contribution in [2.45, 2.75) is 124 Å².